The van der Waals surface area contributed by atoms with E-state index in [1.807, 2.05) is 37.3 Å². The molecule has 0 bridgehead atoms. The number of hydrazone groups is 1. The van der Waals surface area contributed by atoms with Crippen molar-refractivity contribution in [3.8, 4) is 17.2 Å². The summed E-state index contributed by atoms with van der Waals surface area (Å²) < 4.78 is 18.4. The number of amides is 1. The fourth-order valence-electron chi connectivity index (χ4n) is 4.46. The van der Waals surface area contributed by atoms with Gasteiger partial charge in [-0.05, 0) is 89.1 Å². The van der Waals surface area contributed by atoms with Crippen molar-refractivity contribution in [1.82, 2.24) is 5.43 Å². The fourth-order valence-corrected chi connectivity index (χ4v) is 5.03. The SMILES string of the molecule is CCOc1cc(/C=N\NC(=O)c2ccccc2)cc(Br)c1OCCOc1ccc(C2CCCCC2)cc1. The van der Waals surface area contributed by atoms with Crippen LogP contribution in [0.1, 0.15) is 66.4 Å². The van der Waals surface area contributed by atoms with Crippen molar-refractivity contribution in [2.45, 2.75) is 44.9 Å². The third kappa shape index (κ3) is 7.83. The number of ether oxygens (including phenoxy) is 3. The number of hydrogen-bond donors (Lipinski definition) is 1. The maximum Gasteiger partial charge on any atom is 0.271 e. The average molecular weight is 566 g/mol. The molecule has 1 aliphatic carbocycles. The lowest BCUT2D eigenvalue weighted by Crippen LogP contribution is -2.17. The van der Waals surface area contributed by atoms with E-state index in [0.717, 1.165) is 15.8 Å². The van der Waals surface area contributed by atoms with Crippen LogP contribution in [0.3, 0.4) is 0 Å². The molecule has 3 aromatic rings. The number of halogens is 1. The number of benzene rings is 3. The van der Waals surface area contributed by atoms with Gasteiger partial charge in [0.25, 0.3) is 5.91 Å². The van der Waals surface area contributed by atoms with Crippen LogP contribution in [0.4, 0.5) is 0 Å². The highest BCUT2D eigenvalue weighted by molar-refractivity contribution is 9.10. The van der Waals surface area contributed by atoms with Crippen LogP contribution in [0.2, 0.25) is 0 Å². The Kier molecular flexibility index (Phi) is 10.0. The Morgan fingerprint density at radius 3 is 2.43 bits per heavy atom. The molecule has 194 valence electrons. The molecule has 6 nitrogen and oxygen atoms in total. The number of hydrogen-bond acceptors (Lipinski definition) is 5. The third-order valence-corrected chi connectivity index (χ3v) is 6.89. The lowest BCUT2D eigenvalue weighted by Gasteiger charge is -2.22. The zero-order valence-corrected chi connectivity index (χ0v) is 22.7. The summed E-state index contributed by atoms with van der Waals surface area (Å²) in [6, 6.07) is 21.1. The summed E-state index contributed by atoms with van der Waals surface area (Å²) in [6.45, 7) is 3.18. The van der Waals surface area contributed by atoms with Crippen molar-refractivity contribution in [3.63, 3.8) is 0 Å². The second-order valence-corrected chi connectivity index (χ2v) is 9.78. The summed E-state index contributed by atoms with van der Waals surface area (Å²) in [5.74, 6) is 2.45. The van der Waals surface area contributed by atoms with Crippen molar-refractivity contribution in [2.24, 2.45) is 5.10 Å². The zero-order valence-electron chi connectivity index (χ0n) is 21.1. The minimum absolute atomic E-state index is 0.274. The van der Waals surface area contributed by atoms with Gasteiger partial charge in [0.2, 0.25) is 0 Å². The minimum Gasteiger partial charge on any atom is -0.490 e. The van der Waals surface area contributed by atoms with Gasteiger partial charge in [-0.1, -0.05) is 49.6 Å². The normalized spacial score (nSPS) is 13.9. The molecule has 1 saturated carbocycles. The van der Waals surface area contributed by atoms with Crippen LogP contribution in [-0.2, 0) is 0 Å². The van der Waals surface area contributed by atoms with Crippen LogP contribution in [0.15, 0.2) is 76.3 Å². The monoisotopic (exact) mass is 564 g/mol. The van der Waals surface area contributed by atoms with Gasteiger partial charge in [0.05, 0.1) is 17.3 Å². The predicted octanol–water partition coefficient (Wildman–Crippen LogP) is 7.12. The Labute approximate surface area is 227 Å². The van der Waals surface area contributed by atoms with Gasteiger partial charge in [-0.25, -0.2) is 5.43 Å². The van der Waals surface area contributed by atoms with E-state index >= 15 is 0 Å². The van der Waals surface area contributed by atoms with Crippen LogP contribution in [0.25, 0.3) is 0 Å². The first kappa shape index (κ1) is 26.7. The van der Waals surface area contributed by atoms with Gasteiger partial charge in [0, 0.05) is 5.56 Å². The van der Waals surface area contributed by atoms with Crippen LogP contribution >= 0.6 is 15.9 Å². The van der Waals surface area contributed by atoms with Gasteiger partial charge in [-0.3, -0.25) is 4.79 Å². The standard InChI is InChI=1S/C30H33BrN2O4/c1-2-35-28-20-22(21-32-33-30(34)25-11-7-4-8-12-25)19-27(31)29(28)37-18-17-36-26-15-13-24(14-16-26)23-9-5-3-6-10-23/h4,7-8,11-16,19-21,23H,2-3,5-6,9-10,17-18H2,1H3,(H,33,34)/b32-21-. The third-order valence-electron chi connectivity index (χ3n) is 6.30. The van der Waals surface area contributed by atoms with Crippen molar-refractivity contribution < 1.29 is 19.0 Å². The first-order valence-corrected chi connectivity index (χ1v) is 13.6. The molecule has 0 saturated heterocycles. The summed E-state index contributed by atoms with van der Waals surface area (Å²) in [7, 11) is 0. The molecule has 0 heterocycles. The molecule has 0 aromatic heterocycles. The molecule has 7 heteroatoms. The topological polar surface area (TPSA) is 69.2 Å². The largest absolute Gasteiger partial charge is 0.490 e. The van der Waals surface area contributed by atoms with E-state index in [-0.39, 0.29) is 5.91 Å². The van der Waals surface area contributed by atoms with E-state index in [2.05, 4.69) is 50.7 Å². The molecule has 1 amide bonds. The molecule has 3 aromatic carbocycles. The second-order valence-electron chi connectivity index (χ2n) is 8.93. The maximum absolute atomic E-state index is 12.2. The van der Waals surface area contributed by atoms with E-state index < -0.39 is 0 Å². The fraction of sp³-hybridized carbons (Fsp3) is 0.333. The molecule has 0 unspecified atom stereocenters. The van der Waals surface area contributed by atoms with Crippen molar-refractivity contribution in [1.29, 1.82) is 0 Å². The Hall–Kier alpha value is -3.32. The van der Waals surface area contributed by atoms with Crippen LogP contribution < -0.4 is 19.6 Å². The quantitative estimate of drug-likeness (QED) is 0.153. The van der Waals surface area contributed by atoms with Crippen molar-refractivity contribution in [2.75, 3.05) is 19.8 Å². The van der Waals surface area contributed by atoms with Gasteiger partial charge < -0.3 is 14.2 Å². The number of carbonyl (C=O) groups is 1. The maximum atomic E-state index is 12.2. The van der Waals surface area contributed by atoms with E-state index in [4.69, 9.17) is 14.2 Å². The number of carbonyl (C=O) groups excluding carboxylic acids is 1. The number of nitrogens with zero attached hydrogens (tertiary/aromatic N) is 1. The summed E-state index contributed by atoms with van der Waals surface area (Å²) in [4.78, 5) is 12.2. The molecule has 0 atom stereocenters. The van der Waals surface area contributed by atoms with E-state index in [9.17, 15) is 4.79 Å². The van der Waals surface area contributed by atoms with Gasteiger partial charge in [0.1, 0.15) is 19.0 Å². The number of nitrogens with one attached hydrogen (secondary N) is 1. The van der Waals surface area contributed by atoms with E-state index in [1.165, 1.54) is 37.7 Å². The highest BCUT2D eigenvalue weighted by Crippen LogP contribution is 2.37. The van der Waals surface area contributed by atoms with Crippen molar-refractivity contribution >= 4 is 28.1 Å². The first-order chi connectivity index (χ1) is 18.1. The lowest BCUT2D eigenvalue weighted by atomic mass is 9.84. The van der Waals surface area contributed by atoms with Gasteiger partial charge in [-0.15, -0.1) is 0 Å². The molecular weight excluding hydrogens is 532 g/mol. The molecule has 4 rings (SSSR count). The average Bonchev–Trinajstić information content (AvgIpc) is 2.93. The van der Waals surface area contributed by atoms with E-state index in [1.54, 1.807) is 18.3 Å². The first-order valence-electron chi connectivity index (χ1n) is 12.8. The van der Waals surface area contributed by atoms with Crippen LogP contribution in [0.5, 0.6) is 17.2 Å². The summed E-state index contributed by atoms with van der Waals surface area (Å²) in [6.07, 6.45) is 8.17. The van der Waals surface area contributed by atoms with Crippen LogP contribution in [-0.4, -0.2) is 31.9 Å². The summed E-state index contributed by atoms with van der Waals surface area (Å²) in [5.41, 5.74) is 5.25. The highest BCUT2D eigenvalue weighted by atomic mass is 79.9. The minimum atomic E-state index is -0.274. The molecule has 1 N–H and O–H groups in total. The van der Waals surface area contributed by atoms with Gasteiger partial charge >= 0.3 is 0 Å². The Morgan fingerprint density at radius 1 is 0.973 bits per heavy atom. The van der Waals surface area contributed by atoms with E-state index in [0.29, 0.717) is 42.8 Å². The predicted molar refractivity (Wildman–Crippen MR) is 150 cm³/mol. The summed E-state index contributed by atoms with van der Waals surface area (Å²) >= 11 is 3.57. The molecule has 0 aliphatic heterocycles. The van der Waals surface area contributed by atoms with Crippen molar-refractivity contribution in [3.05, 3.63) is 87.9 Å². The van der Waals surface area contributed by atoms with Crippen LogP contribution in [0, 0.1) is 0 Å². The molecule has 37 heavy (non-hydrogen) atoms. The molecule has 1 fully saturated rings. The molecular formula is C30H33BrN2O4. The Bertz CT molecular complexity index is 1180. The smallest absolute Gasteiger partial charge is 0.271 e. The Balaban J connectivity index is 1.30. The van der Waals surface area contributed by atoms with Gasteiger partial charge in [-0.2, -0.15) is 5.10 Å². The Morgan fingerprint density at radius 2 is 1.70 bits per heavy atom. The summed E-state index contributed by atoms with van der Waals surface area (Å²) in [5, 5.41) is 4.07. The zero-order chi connectivity index (χ0) is 25.9. The lowest BCUT2D eigenvalue weighted by molar-refractivity contribution is 0.0955. The number of rotatable bonds is 11. The second kappa shape index (κ2) is 13.8. The molecule has 0 spiro atoms. The molecule has 0 radical (unpaired) electrons. The van der Waals surface area contributed by atoms with Gasteiger partial charge in [0.15, 0.2) is 11.5 Å². The highest BCUT2D eigenvalue weighted by Gasteiger charge is 2.15. The molecule has 1 aliphatic rings.